The summed E-state index contributed by atoms with van der Waals surface area (Å²) in [7, 11) is 0. The SMILES string of the molecule is [2H]c1sc2c([2H])c([2H])c(C(C)(C)C)c([2H])c2c1N(c1cc(Cl)cc(N(c2c([2H])c([2H])c(C(C)(C)C)c([2H])c2[2H])c2c([2H])c([2H])c([2H])c(C(C)(C)c3c([2H])c([2H])c([2H])c([2H])c3[2H])c2[2H])c1)c1c([2H])c([2H])c(C(C)(C)C)c([2H])c1[2H]. The quantitative estimate of drug-likeness (QED) is 0.151. The Morgan fingerprint density at radius 3 is 1.53 bits per heavy atom. The fourth-order valence-electron chi connectivity index (χ4n) is 5.91. The van der Waals surface area contributed by atoms with Crippen LogP contribution in [0.2, 0.25) is 5.02 Å². The minimum absolute atomic E-state index is 0.0122. The third-order valence-electron chi connectivity index (χ3n) is 9.38. The van der Waals surface area contributed by atoms with E-state index in [2.05, 4.69) is 0 Å². The molecule has 7 aromatic rings. The number of thiophene rings is 1. The molecule has 2 nitrogen and oxygen atoms in total. The smallest absolute Gasteiger partial charge is 0.0762 e. The first-order chi connectivity index (χ1) is 35.6. The molecule has 0 aliphatic heterocycles. The molecule has 1 heterocycles. The summed E-state index contributed by atoms with van der Waals surface area (Å²) in [5.74, 6) is 0. The first-order valence-electron chi connectivity index (χ1n) is 28.9. The zero-order valence-electron chi connectivity index (χ0n) is 54.9. The molecule has 0 saturated heterocycles. The molecule has 0 unspecified atom stereocenters. The molecule has 6 aromatic carbocycles. The number of fused-ring (bicyclic) bond motifs is 1. The fraction of sp³-hybridized carbons (Fsp3) is 0.283. The summed E-state index contributed by atoms with van der Waals surface area (Å²) in [6.07, 6.45) is 0. The number of hydrogen-bond donors (Lipinski definition) is 0. The molecule has 0 N–H and O–H groups in total. The van der Waals surface area contributed by atoms with Crippen LogP contribution >= 0.6 is 22.9 Å². The molecule has 57 heavy (non-hydrogen) atoms. The topological polar surface area (TPSA) is 6.48 Å². The number of halogens is 1. The largest absolute Gasteiger partial charge is 0.310 e. The van der Waals surface area contributed by atoms with Gasteiger partial charge in [0.2, 0.25) is 0 Å². The lowest BCUT2D eigenvalue weighted by atomic mass is 9.78. The van der Waals surface area contributed by atoms with Gasteiger partial charge in [0.15, 0.2) is 0 Å². The van der Waals surface area contributed by atoms with Crippen LogP contribution < -0.4 is 9.80 Å². The number of hydrogen-bond acceptors (Lipinski definition) is 3. The number of anilines is 6. The summed E-state index contributed by atoms with van der Waals surface area (Å²) in [6.45, 7) is 18.1. The van der Waals surface area contributed by atoms with Gasteiger partial charge in [-0.25, -0.2) is 0 Å². The zero-order chi connectivity index (χ0) is 59.2. The molecule has 0 bridgehead atoms. The Labute approximate surface area is 380 Å². The van der Waals surface area contributed by atoms with Crippen LogP contribution in [0, 0.1) is 0 Å². The van der Waals surface area contributed by atoms with Gasteiger partial charge in [-0.3, -0.25) is 0 Å². The lowest BCUT2D eigenvalue weighted by Crippen LogP contribution is -2.20. The van der Waals surface area contributed by atoms with Crippen molar-refractivity contribution in [1.82, 2.24) is 0 Å². The van der Waals surface area contributed by atoms with E-state index in [4.69, 9.17) is 19.8 Å². The summed E-state index contributed by atoms with van der Waals surface area (Å²) in [5, 5.41) is -0.630. The normalized spacial score (nSPS) is 17.7. The Bertz CT molecular complexity index is 3630. The summed E-state index contributed by atoms with van der Waals surface area (Å²) in [5.41, 5.74) is -7.83. The fourth-order valence-corrected chi connectivity index (χ4v) is 6.88. The third kappa shape index (κ3) is 8.43. The summed E-state index contributed by atoms with van der Waals surface area (Å²) in [4.78, 5) is 2.11. The second kappa shape index (κ2) is 15.2. The van der Waals surface area contributed by atoms with E-state index in [1.165, 1.54) is 32.0 Å². The van der Waals surface area contributed by atoms with Gasteiger partial charge >= 0.3 is 0 Å². The van der Waals surface area contributed by atoms with Crippen molar-refractivity contribution in [3.8, 4) is 0 Å². The van der Waals surface area contributed by atoms with Crippen LogP contribution in [-0.4, -0.2) is 0 Å². The lowest BCUT2D eigenvalue weighted by Gasteiger charge is -2.32. The van der Waals surface area contributed by atoms with E-state index in [0.717, 1.165) is 21.1 Å². The average molecular weight is 811 g/mol. The minimum Gasteiger partial charge on any atom is -0.310 e. The van der Waals surface area contributed by atoms with Crippen molar-refractivity contribution < 1.29 is 28.8 Å². The minimum atomic E-state index is -1.91. The van der Waals surface area contributed by atoms with E-state index in [1.807, 2.05) is 0 Å². The third-order valence-corrected chi connectivity index (χ3v) is 10.4. The van der Waals surface area contributed by atoms with Gasteiger partial charge in [-0.05, 0) is 111 Å². The molecule has 0 atom stereocenters. The van der Waals surface area contributed by atoms with E-state index < -0.39 is 147 Å². The van der Waals surface area contributed by atoms with Crippen LogP contribution in [-0.2, 0) is 21.7 Å². The van der Waals surface area contributed by atoms with Gasteiger partial charge < -0.3 is 9.80 Å². The average Bonchev–Trinajstić information content (AvgIpc) is 3.65. The van der Waals surface area contributed by atoms with Crippen LogP contribution in [0.4, 0.5) is 34.1 Å². The zero-order valence-corrected chi connectivity index (χ0v) is 35.5. The molecular weight excluding hydrogens is 732 g/mol. The second-order valence-electron chi connectivity index (χ2n) is 17.4. The van der Waals surface area contributed by atoms with E-state index in [-0.39, 0.29) is 77.9 Å². The molecule has 0 saturated carbocycles. The molecule has 0 aliphatic carbocycles. The number of benzene rings is 6. The van der Waals surface area contributed by atoms with Gasteiger partial charge in [-0.1, -0.05) is 160 Å². The standard InChI is InChI=1S/C53H57ClN2S/c1-50(2,3)36-20-25-42(26-21-36)55(44-19-15-18-40(30-44)53(10,11)38-16-13-12-14-17-38)45-32-41(54)33-46(34-45)56(43-27-22-37(23-28-43)51(4,5)6)48-35-57-49-29-24-39(31-47(48)49)52(7,8)9/h12-35H,1-11H3/i12D,13D,14D,15D,16D,17D,18D,19D,20D,21D,22D,23D,24D,25D,26D,27D,28D,29D,30D,31D,35D. The molecule has 0 spiro atoms. The maximum Gasteiger partial charge on any atom is 0.0762 e. The van der Waals surface area contributed by atoms with Crippen LogP contribution in [0.25, 0.3) is 10.1 Å². The van der Waals surface area contributed by atoms with E-state index in [0.29, 0.717) is 0 Å². The van der Waals surface area contributed by atoms with Crippen molar-refractivity contribution >= 4 is 67.1 Å². The Morgan fingerprint density at radius 1 is 0.456 bits per heavy atom. The molecule has 0 aliphatic rings. The second-order valence-corrected chi connectivity index (χ2v) is 18.6. The Hall–Kier alpha value is -4.83. The lowest BCUT2D eigenvalue weighted by molar-refractivity contribution is 0.590. The van der Waals surface area contributed by atoms with Gasteiger partial charge in [-0.2, -0.15) is 0 Å². The molecule has 0 amide bonds. The predicted octanol–water partition coefficient (Wildman–Crippen LogP) is 16.7. The molecule has 7 rings (SSSR count). The van der Waals surface area contributed by atoms with E-state index >= 15 is 0 Å². The molecule has 1 aromatic heterocycles. The Morgan fingerprint density at radius 2 is 0.965 bits per heavy atom. The summed E-state index contributed by atoms with van der Waals surface area (Å²) >= 11 is 7.88. The van der Waals surface area contributed by atoms with Crippen molar-refractivity contribution in [2.24, 2.45) is 0 Å². The highest BCUT2D eigenvalue weighted by Crippen LogP contribution is 2.47. The van der Waals surface area contributed by atoms with Crippen molar-refractivity contribution in [1.29, 1.82) is 0 Å². The van der Waals surface area contributed by atoms with Gasteiger partial charge in [0, 0.05) is 54.3 Å². The Kier molecular flexibility index (Phi) is 5.80. The highest BCUT2D eigenvalue weighted by Gasteiger charge is 2.27. The van der Waals surface area contributed by atoms with Gasteiger partial charge in [0.25, 0.3) is 0 Å². The number of nitrogens with zero attached hydrogens (tertiary/aromatic N) is 2. The molecular formula is C53H57ClN2S. The predicted molar refractivity (Wildman–Crippen MR) is 251 cm³/mol. The first kappa shape index (κ1) is 21.8. The van der Waals surface area contributed by atoms with Gasteiger partial charge in [0.1, 0.15) is 0 Å². The molecule has 4 heteroatoms. The summed E-state index contributed by atoms with van der Waals surface area (Å²) in [6, 6.07) is -8.38. The van der Waals surface area contributed by atoms with Crippen LogP contribution in [0.3, 0.4) is 0 Å². The van der Waals surface area contributed by atoms with Crippen molar-refractivity contribution in [2.75, 3.05) is 9.80 Å². The monoisotopic (exact) mass is 810 g/mol. The maximum atomic E-state index is 10.1. The van der Waals surface area contributed by atoms with Gasteiger partial charge in [0.05, 0.1) is 34.5 Å². The highest BCUT2D eigenvalue weighted by atomic mass is 35.5. The molecule has 0 radical (unpaired) electrons. The first-order valence-corrected chi connectivity index (χ1v) is 19.6. The number of rotatable bonds is 8. The maximum absolute atomic E-state index is 10.1. The van der Waals surface area contributed by atoms with Crippen molar-refractivity contribution in [3.05, 3.63) is 177 Å². The van der Waals surface area contributed by atoms with Crippen LogP contribution in [0.1, 0.15) is 133 Å². The molecule has 0 fully saturated rings. The summed E-state index contributed by atoms with van der Waals surface area (Å²) < 4.78 is 195. The van der Waals surface area contributed by atoms with Crippen molar-refractivity contribution in [2.45, 2.75) is 97.8 Å². The van der Waals surface area contributed by atoms with Crippen LogP contribution in [0.5, 0.6) is 0 Å². The highest BCUT2D eigenvalue weighted by molar-refractivity contribution is 7.17. The Balaban J connectivity index is 1.74. The van der Waals surface area contributed by atoms with Crippen molar-refractivity contribution in [3.63, 3.8) is 0 Å². The molecule has 292 valence electrons. The van der Waals surface area contributed by atoms with Gasteiger partial charge in [-0.15, -0.1) is 11.3 Å². The van der Waals surface area contributed by atoms with Crippen LogP contribution in [0.15, 0.2) is 144 Å². The van der Waals surface area contributed by atoms with E-state index in [9.17, 15) is 20.6 Å². The van der Waals surface area contributed by atoms with E-state index in [1.54, 1.807) is 62.3 Å².